The molecule has 0 N–H and O–H groups in total. The van der Waals surface area contributed by atoms with Crippen LogP contribution in [-0.4, -0.2) is 25.9 Å². The number of hydrogen-bond donors (Lipinski definition) is 0. The molecule has 2 aromatic rings. The Bertz CT molecular complexity index is 803. The van der Waals surface area contributed by atoms with Crippen molar-refractivity contribution in [3.05, 3.63) is 65.2 Å². The lowest BCUT2D eigenvalue weighted by Gasteiger charge is -2.15. The quantitative estimate of drug-likeness (QED) is 0.443. The SMILES string of the molecule is CON=C(C(=O)OC)c1ccccc1COc1ccccc1C(F)(F)F. The van der Waals surface area contributed by atoms with E-state index in [0.29, 0.717) is 11.1 Å². The number of ether oxygens (including phenoxy) is 2. The first-order chi connectivity index (χ1) is 12.4. The number of alkyl halides is 3. The molecule has 0 aliphatic rings. The van der Waals surface area contributed by atoms with Crippen LogP contribution < -0.4 is 4.74 Å². The Kier molecular flexibility index (Phi) is 6.21. The van der Waals surface area contributed by atoms with E-state index >= 15 is 0 Å². The molecule has 0 amide bonds. The monoisotopic (exact) mass is 367 g/mol. The average molecular weight is 367 g/mol. The van der Waals surface area contributed by atoms with Gasteiger partial charge in [-0.1, -0.05) is 41.6 Å². The molecule has 0 atom stereocenters. The number of benzene rings is 2. The van der Waals surface area contributed by atoms with Crippen molar-refractivity contribution in [3.63, 3.8) is 0 Å². The first-order valence-corrected chi connectivity index (χ1v) is 7.45. The van der Waals surface area contributed by atoms with Crippen molar-refractivity contribution in [1.29, 1.82) is 0 Å². The third kappa shape index (κ3) is 4.53. The molecule has 0 bridgehead atoms. The molecule has 0 saturated heterocycles. The molecule has 0 heterocycles. The highest BCUT2D eigenvalue weighted by Crippen LogP contribution is 2.36. The number of carbonyl (C=O) groups excluding carboxylic acids is 1. The van der Waals surface area contributed by atoms with Crippen LogP contribution in [-0.2, 0) is 27.2 Å². The minimum absolute atomic E-state index is 0.113. The lowest BCUT2D eigenvalue weighted by Crippen LogP contribution is -2.20. The summed E-state index contributed by atoms with van der Waals surface area (Å²) in [4.78, 5) is 16.6. The van der Waals surface area contributed by atoms with Gasteiger partial charge in [-0.3, -0.25) is 0 Å². The smallest absolute Gasteiger partial charge is 0.419 e. The Balaban J connectivity index is 2.33. The van der Waals surface area contributed by atoms with Crippen molar-refractivity contribution in [2.75, 3.05) is 14.2 Å². The zero-order valence-corrected chi connectivity index (χ0v) is 14.0. The zero-order chi connectivity index (χ0) is 19.2. The van der Waals surface area contributed by atoms with E-state index in [2.05, 4.69) is 14.7 Å². The van der Waals surface area contributed by atoms with Gasteiger partial charge in [0, 0.05) is 5.56 Å². The second-order valence-electron chi connectivity index (χ2n) is 5.05. The Morgan fingerprint density at radius 2 is 1.69 bits per heavy atom. The zero-order valence-electron chi connectivity index (χ0n) is 14.0. The second-order valence-corrected chi connectivity index (χ2v) is 5.05. The highest BCUT2D eigenvalue weighted by molar-refractivity contribution is 6.43. The molecule has 2 aromatic carbocycles. The molecule has 0 aromatic heterocycles. The highest BCUT2D eigenvalue weighted by Gasteiger charge is 2.34. The van der Waals surface area contributed by atoms with Crippen molar-refractivity contribution in [2.45, 2.75) is 12.8 Å². The van der Waals surface area contributed by atoms with Gasteiger partial charge in [-0.2, -0.15) is 13.2 Å². The molecular weight excluding hydrogens is 351 g/mol. The number of carbonyl (C=O) groups is 1. The molecule has 0 saturated carbocycles. The summed E-state index contributed by atoms with van der Waals surface area (Å²) in [6.07, 6.45) is -4.54. The minimum Gasteiger partial charge on any atom is -0.488 e. The normalized spacial score (nSPS) is 11.8. The maximum atomic E-state index is 13.1. The van der Waals surface area contributed by atoms with Crippen LogP contribution in [0.4, 0.5) is 13.2 Å². The van der Waals surface area contributed by atoms with E-state index in [0.717, 1.165) is 6.07 Å². The van der Waals surface area contributed by atoms with E-state index in [1.165, 1.54) is 32.4 Å². The Hall–Kier alpha value is -3.03. The Labute approximate surface area is 148 Å². The molecule has 0 aliphatic heterocycles. The van der Waals surface area contributed by atoms with E-state index in [9.17, 15) is 18.0 Å². The van der Waals surface area contributed by atoms with E-state index < -0.39 is 17.7 Å². The van der Waals surface area contributed by atoms with Crippen LogP contribution in [0.5, 0.6) is 5.75 Å². The molecule has 138 valence electrons. The first kappa shape index (κ1) is 19.3. The molecule has 5 nitrogen and oxygen atoms in total. The van der Waals surface area contributed by atoms with Gasteiger partial charge in [0.2, 0.25) is 0 Å². The van der Waals surface area contributed by atoms with Gasteiger partial charge in [0.05, 0.1) is 12.7 Å². The molecule has 0 unspecified atom stereocenters. The maximum absolute atomic E-state index is 13.1. The van der Waals surface area contributed by atoms with Crippen LogP contribution in [0.3, 0.4) is 0 Å². The highest BCUT2D eigenvalue weighted by atomic mass is 19.4. The van der Waals surface area contributed by atoms with Crippen molar-refractivity contribution in [2.24, 2.45) is 5.16 Å². The van der Waals surface area contributed by atoms with Crippen LogP contribution in [0, 0.1) is 0 Å². The maximum Gasteiger partial charge on any atom is 0.419 e. The molecular formula is C18H16F3NO4. The van der Waals surface area contributed by atoms with Crippen LogP contribution in [0.2, 0.25) is 0 Å². The van der Waals surface area contributed by atoms with Gasteiger partial charge in [-0.15, -0.1) is 0 Å². The van der Waals surface area contributed by atoms with Gasteiger partial charge in [0.15, 0.2) is 5.71 Å². The van der Waals surface area contributed by atoms with Gasteiger partial charge in [-0.25, -0.2) is 4.79 Å². The van der Waals surface area contributed by atoms with Crippen LogP contribution >= 0.6 is 0 Å². The van der Waals surface area contributed by atoms with E-state index in [1.807, 2.05) is 0 Å². The molecule has 0 spiro atoms. The number of para-hydroxylation sites is 1. The number of methoxy groups -OCH3 is 1. The number of esters is 1. The lowest BCUT2D eigenvalue weighted by molar-refractivity contribution is -0.139. The van der Waals surface area contributed by atoms with Gasteiger partial charge < -0.3 is 14.3 Å². The number of hydrogen-bond acceptors (Lipinski definition) is 5. The fraction of sp³-hybridized carbons (Fsp3) is 0.222. The topological polar surface area (TPSA) is 57.1 Å². The largest absolute Gasteiger partial charge is 0.488 e. The predicted molar refractivity (Wildman–Crippen MR) is 87.8 cm³/mol. The molecule has 0 aliphatic carbocycles. The summed E-state index contributed by atoms with van der Waals surface area (Å²) in [7, 11) is 2.45. The molecule has 2 rings (SSSR count). The summed E-state index contributed by atoms with van der Waals surface area (Å²) in [5, 5.41) is 3.64. The Morgan fingerprint density at radius 1 is 1.04 bits per heavy atom. The van der Waals surface area contributed by atoms with Gasteiger partial charge in [-0.05, 0) is 17.7 Å². The summed E-state index contributed by atoms with van der Waals surface area (Å²) in [5.41, 5.74) is -0.203. The standard InChI is InChI=1S/C18H16F3NO4/c1-24-17(23)16(22-25-2)13-8-4-3-7-12(13)11-26-15-10-6-5-9-14(15)18(19,20)21/h3-10H,11H2,1-2H3. The van der Waals surface area contributed by atoms with Crippen molar-refractivity contribution in [3.8, 4) is 5.75 Å². The molecule has 8 heteroatoms. The first-order valence-electron chi connectivity index (χ1n) is 7.45. The van der Waals surface area contributed by atoms with Crippen LogP contribution in [0.25, 0.3) is 0 Å². The predicted octanol–water partition coefficient (Wildman–Crippen LogP) is 3.81. The van der Waals surface area contributed by atoms with Gasteiger partial charge in [0.25, 0.3) is 0 Å². The van der Waals surface area contributed by atoms with Crippen LogP contribution in [0.1, 0.15) is 16.7 Å². The Morgan fingerprint density at radius 3 is 2.35 bits per heavy atom. The summed E-state index contributed by atoms with van der Waals surface area (Å²) in [6.45, 7) is -0.205. The lowest BCUT2D eigenvalue weighted by atomic mass is 10.0. The average Bonchev–Trinajstić information content (AvgIpc) is 2.63. The van der Waals surface area contributed by atoms with E-state index in [4.69, 9.17) is 4.74 Å². The summed E-state index contributed by atoms with van der Waals surface area (Å²) in [6, 6.07) is 11.4. The number of halogens is 3. The van der Waals surface area contributed by atoms with E-state index in [-0.39, 0.29) is 18.1 Å². The number of nitrogens with zero attached hydrogens (tertiary/aromatic N) is 1. The fourth-order valence-electron chi connectivity index (χ4n) is 2.24. The summed E-state index contributed by atoms with van der Waals surface area (Å²) in [5.74, 6) is -1.05. The number of rotatable bonds is 6. The second kappa shape index (κ2) is 8.37. The van der Waals surface area contributed by atoms with Crippen molar-refractivity contribution in [1.82, 2.24) is 0 Å². The van der Waals surface area contributed by atoms with Crippen molar-refractivity contribution >= 4 is 11.7 Å². The third-order valence-electron chi connectivity index (χ3n) is 3.41. The third-order valence-corrected chi connectivity index (χ3v) is 3.41. The van der Waals surface area contributed by atoms with Crippen molar-refractivity contribution < 1.29 is 32.3 Å². The van der Waals surface area contributed by atoms with Gasteiger partial charge >= 0.3 is 12.1 Å². The van der Waals surface area contributed by atoms with E-state index in [1.54, 1.807) is 24.3 Å². The number of oxime groups is 1. The van der Waals surface area contributed by atoms with Crippen LogP contribution in [0.15, 0.2) is 53.7 Å². The fourth-order valence-corrected chi connectivity index (χ4v) is 2.24. The summed E-state index contributed by atoms with van der Waals surface area (Å²) < 4.78 is 49.2. The molecule has 0 radical (unpaired) electrons. The minimum atomic E-state index is -4.54. The molecule has 0 fully saturated rings. The van der Waals surface area contributed by atoms with Gasteiger partial charge in [0.1, 0.15) is 19.5 Å². The summed E-state index contributed by atoms with van der Waals surface area (Å²) >= 11 is 0. The molecule has 26 heavy (non-hydrogen) atoms.